The first-order valence-corrected chi connectivity index (χ1v) is 6.68. The molecule has 1 aromatic rings. The number of phenolic OH excluding ortho intramolecular Hbond substituents is 1. The van der Waals surface area contributed by atoms with E-state index in [0.717, 1.165) is 5.56 Å². The van der Waals surface area contributed by atoms with Crippen molar-refractivity contribution in [3.05, 3.63) is 29.8 Å². The average molecular weight is 295 g/mol. The number of rotatable bonds is 8. The second-order valence-electron chi connectivity index (χ2n) is 4.78. The highest BCUT2D eigenvalue weighted by Gasteiger charge is 2.26. The molecule has 0 fully saturated rings. The zero-order valence-electron chi connectivity index (χ0n) is 12.2. The molecule has 6 heteroatoms. The van der Waals surface area contributed by atoms with E-state index in [1.807, 2.05) is 0 Å². The molecule has 0 radical (unpaired) electrons. The molecule has 0 bridgehead atoms. The molecular formula is C15H21NO5. The minimum atomic E-state index is -0.683. The summed E-state index contributed by atoms with van der Waals surface area (Å²) >= 11 is 0. The molecule has 0 spiro atoms. The van der Waals surface area contributed by atoms with Gasteiger partial charge in [0.1, 0.15) is 5.75 Å². The van der Waals surface area contributed by atoms with E-state index >= 15 is 0 Å². The smallest absolute Gasteiger partial charge is 0.309 e. The van der Waals surface area contributed by atoms with Crippen LogP contribution < -0.4 is 5.32 Å². The van der Waals surface area contributed by atoms with Gasteiger partial charge in [-0.05, 0) is 31.2 Å². The van der Waals surface area contributed by atoms with E-state index < -0.39 is 17.9 Å². The second kappa shape index (κ2) is 8.39. The molecular weight excluding hydrogens is 274 g/mol. The van der Waals surface area contributed by atoms with E-state index in [4.69, 9.17) is 9.84 Å². The minimum absolute atomic E-state index is 0.0143. The fourth-order valence-electron chi connectivity index (χ4n) is 2.06. The highest BCUT2D eigenvalue weighted by Crippen LogP contribution is 2.18. The van der Waals surface area contributed by atoms with Gasteiger partial charge < -0.3 is 20.3 Å². The number of carbonyl (C=O) groups excluding carboxylic acids is 2. The van der Waals surface area contributed by atoms with Gasteiger partial charge in [0.25, 0.3) is 0 Å². The van der Waals surface area contributed by atoms with Crippen LogP contribution in [-0.2, 0) is 20.7 Å². The molecule has 1 aromatic carbocycles. The summed E-state index contributed by atoms with van der Waals surface area (Å²) in [5.74, 6) is -1.19. The summed E-state index contributed by atoms with van der Waals surface area (Å²) < 4.78 is 4.73. The van der Waals surface area contributed by atoms with Gasteiger partial charge >= 0.3 is 5.97 Å². The van der Waals surface area contributed by atoms with Crippen LogP contribution in [0.25, 0.3) is 0 Å². The standard InChI is InChI=1S/C15H21NO5/c1-16-13(9-17)14(19)8-11(15(20)21-2)7-10-3-5-12(18)6-4-10/h3-6,11,13,16-18H,7-9H2,1-2H3/t11?,13-/m0/s1. The average Bonchev–Trinajstić information content (AvgIpc) is 2.49. The predicted octanol–water partition coefficient (Wildman–Crippen LogP) is 0.263. The van der Waals surface area contributed by atoms with Gasteiger partial charge in [-0.15, -0.1) is 0 Å². The number of esters is 1. The monoisotopic (exact) mass is 295 g/mol. The molecule has 1 rings (SSSR count). The van der Waals surface area contributed by atoms with E-state index in [1.165, 1.54) is 19.2 Å². The van der Waals surface area contributed by atoms with Gasteiger partial charge in [0.2, 0.25) is 0 Å². The number of hydrogen-bond acceptors (Lipinski definition) is 6. The summed E-state index contributed by atoms with van der Waals surface area (Å²) in [5.41, 5.74) is 0.820. The highest BCUT2D eigenvalue weighted by molar-refractivity contribution is 5.88. The summed E-state index contributed by atoms with van der Waals surface area (Å²) in [6.07, 6.45) is 0.320. The molecule has 0 aromatic heterocycles. The van der Waals surface area contributed by atoms with Gasteiger partial charge in [0.05, 0.1) is 25.7 Å². The van der Waals surface area contributed by atoms with Gasteiger partial charge in [-0.1, -0.05) is 12.1 Å². The number of aliphatic hydroxyl groups is 1. The number of phenols is 1. The van der Waals surface area contributed by atoms with Crippen molar-refractivity contribution < 1.29 is 24.5 Å². The van der Waals surface area contributed by atoms with E-state index in [9.17, 15) is 14.7 Å². The number of Topliss-reactive ketones (excluding diaryl/α,β-unsaturated/α-hetero) is 1. The zero-order chi connectivity index (χ0) is 15.8. The number of benzene rings is 1. The van der Waals surface area contributed by atoms with Crippen LogP contribution in [0.3, 0.4) is 0 Å². The Morgan fingerprint density at radius 2 is 1.90 bits per heavy atom. The van der Waals surface area contributed by atoms with Gasteiger partial charge in [-0.3, -0.25) is 9.59 Å². The Morgan fingerprint density at radius 1 is 1.29 bits per heavy atom. The maximum Gasteiger partial charge on any atom is 0.309 e. The summed E-state index contributed by atoms with van der Waals surface area (Å²) in [6.45, 7) is -0.317. The normalized spacial score (nSPS) is 13.5. The predicted molar refractivity (Wildman–Crippen MR) is 76.9 cm³/mol. The van der Waals surface area contributed by atoms with Crippen LogP contribution >= 0.6 is 0 Å². The first-order chi connectivity index (χ1) is 10.0. The first kappa shape index (κ1) is 17.1. The van der Waals surface area contributed by atoms with E-state index in [0.29, 0.717) is 6.42 Å². The van der Waals surface area contributed by atoms with Crippen molar-refractivity contribution in [3.63, 3.8) is 0 Å². The zero-order valence-corrected chi connectivity index (χ0v) is 12.2. The van der Waals surface area contributed by atoms with E-state index in [1.54, 1.807) is 19.2 Å². The van der Waals surface area contributed by atoms with E-state index in [2.05, 4.69) is 5.32 Å². The quantitative estimate of drug-likeness (QED) is 0.596. The highest BCUT2D eigenvalue weighted by atomic mass is 16.5. The van der Waals surface area contributed by atoms with Crippen molar-refractivity contribution in [2.75, 3.05) is 20.8 Å². The van der Waals surface area contributed by atoms with Gasteiger partial charge in [0, 0.05) is 6.42 Å². The number of hydrogen-bond donors (Lipinski definition) is 3. The number of ether oxygens (including phenoxy) is 1. The maximum absolute atomic E-state index is 12.0. The third-order valence-corrected chi connectivity index (χ3v) is 3.32. The van der Waals surface area contributed by atoms with Crippen LogP contribution in [-0.4, -0.2) is 48.8 Å². The Hall–Kier alpha value is -1.92. The Morgan fingerprint density at radius 3 is 2.38 bits per heavy atom. The minimum Gasteiger partial charge on any atom is -0.508 e. The van der Waals surface area contributed by atoms with Crippen molar-refractivity contribution in [2.45, 2.75) is 18.9 Å². The molecule has 1 unspecified atom stereocenters. The second-order valence-corrected chi connectivity index (χ2v) is 4.78. The van der Waals surface area contributed by atoms with Crippen molar-refractivity contribution in [3.8, 4) is 5.75 Å². The molecule has 0 aliphatic heterocycles. The lowest BCUT2D eigenvalue weighted by atomic mass is 9.92. The van der Waals surface area contributed by atoms with Gasteiger partial charge in [0.15, 0.2) is 5.78 Å². The molecule has 6 nitrogen and oxygen atoms in total. The fraction of sp³-hybridized carbons (Fsp3) is 0.467. The largest absolute Gasteiger partial charge is 0.508 e. The Balaban J connectivity index is 2.78. The van der Waals surface area contributed by atoms with Crippen molar-refractivity contribution in [2.24, 2.45) is 5.92 Å². The lowest BCUT2D eigenvalue weighted by Gasteiger charge is -2.17. The lowest BCUT2D eigenvalue weighted by Crippen LogP contribution is -2.39. The SMILES string of the molecule is CN[C@@H](CO)C(=O)CC(Cc1ccc(O)cc1)C(=O)OC. The maximum atomic E-state index is 12.0. The van der Waals surface area contributed by atoms with Crippen molar-refractivity contribution >= 4 is 11.8 Å². The van der Waals surface area contributed by atoms with Crippen LogP contribution in [0.4, 0.5) is 0 Å². The molecule has 0 aliphatic rings. The van der Waals surface area contributed by atoms with Crippen LogP contribution in [0.5, 0.6) is 5.75 Å². The number of methoxy groups -OCH3 is 1. The third-order valence-electron chi connectivity index (χ3n) is 3.32. The molecule has 0 saturated heterocycles. The van der Waals surface area contributed by atoms with Gasteiger partial charge in [-0.25, -0.2) is 0 Å². The summed E-state index contributed by atoms with van der Waals surface area (Å²) in [7, 11) is 2.85. The Bertz CT molecular complexity index is 467. The fourth-order valence-corrected chi connectivity index (χ4v) is 2.06. The lowest BCUT2D eigenvalue weighted by molar-refractivity contribution is -0.147. The van der Waals surface area contributed by atoms with Crippen LogP contribution in [0, 0.1) is 5.92 Å². The number of ketones is 1. The molecule has 2 atom stereocenters. The van der Waals surface area contributed by atoms with Crippen LogP contribution in [0.15, 0.2) is 24.3 Å². The molecule has 0 saturated carbocycles. The Kier molecular flexibility index (Phi) is 6.84. The molecule has 0 aliphatic carbocycles. The molecule has 21 heavy (non-hydrogen) atoms. The van der Waals surface area contributed by atoms with Crippen LogP contribution in [0.1, 0.15) is 12.0 Å². The number of nitrogens with one attached hydrogen (secondary N) is 1. The van der Waals surface area contributed by atoms with E-state index in [-0.39, 0.29) is 24.6 Å². The van der Waals surface area contributed by atoms with Crippen LogP contribution in [0.2, 0.25) is 0 Å². The Labute approximate surface area is 123 Å². The first-order valence-electron chi connectivity index (χ1n) is 6.68. The molecule has 0 heterocycles. The summed E-state index contributed by atoms with van der Waals surface area (Å²) in [5, 5.41) is 21.0. The number of aliphatic hydroxyl groups excluding tert-OH is 1. The van der Waals surface area contributed by atoms with Gasteiger partial charge in [-0.2, -0.15) is 0 Å². The molecule has 116 valence electrons. The third kappa shape index (κ3) is 5.17. The number of carbonyl (C=O) groups is 2. The molecule has 3 N–H and O–H groups in total. The summed E-state index contributed by atoms with van der Waals surface area (Å²) in [6, 6.07) is 5.75. The molecule has 0 amide bonds. The summed E-state index contributed by atoms with van der Waals surface area (Å²) in [4.78, 5) is 23.8. The number of likely N-dealkylation sites (N-methyl/N-ethyl adjacent to an activating group) is 1. The van der Waals surface area contributed by atoms with Crippen molar-refractivity contribution in [1.29, 1.82) is 0 Å². The number of aromatic hydroxyl groups is 1. The van der Waals surface area contributed by atoms with Crippen molar-refractivity contribution in [1.82, 2.24) is 5.32 Å². The topological polar surface area (TPSA) is 95.9 Å².